The molecule has 0 amide bonds. The molecule has 0 aliphatic rings. The fourth-order valence-electron chi connectivity index (χ4n) is 1.61. The zero-order valence-electron chi connectivity index (χ0n) is 13.3. The van der Waals surface area contributed by atoms with Crippen molar-refractivity contribution in [2.24, 2.45) is 4.99 Å². The van der Waals surface area contributed by atoms with Crippen molar-refractivity contribution in [1.82, 2.24) is 15.4 Å². The Labute approximate surface area is 147 Å². The molecule has 1 aromatic rings. The molecule has 0 saturated heterocycles. The third kappa shape index (κ3) is 10.4. The first-order chi connectivity index (χ1) is 10.9. The van der Waals surface area contributed by atoms with Gasteiger partial charge in [0.05, 0.1) is 12.8 Å². The number of nitrogens with zero attached hydrogens (tertiary/aromatic N) is 1. The Hall–Kier alpha value is -0.960. The molecule has 1 aromatic carbocycles. The van der Waals surface area contributed by atoms with Crippen LogP contribution in [0.15, 0.2) is 34.2 Å². The number of benzene rings is 1. The van der Waals surface area contributed by atoms with Gasteiger partial charge in [0.2, 0.25) is 10.0 Å². The largest absolute Gasteiger partial charge is 0.357 e. The van der Waals surface area contributed by atoms with Crippen molar-refractivity contribution in [3.05, 3.63) is 29.3 Å². The van der Waals surface area contributed by atoms with Crippen LogP contribution in [0.25, 0.3) is 0 Å². The van der Waals surface area contributed by atoms with E-state index >= 15 is 0 Å². The lowest BCUT2D eigenvalue weighted by Gasteiger charge is -2.11. The predicted molar refractivity (Wildman–Crippen MR) is 99.0 cm³/mol. The lowest BCUT2D eigenvalue weighted by atomic mass is 10.4. The van der Waals surface area contributed by atoms with Gasteiger partial charge in [-0.1, -0.05) is 11.6 Å². The van der Waals surface area contributed by atoms with Gasteiger partial charge in [-0.15, -0.1) is 11.8 Å². The van der Waals surface area contributed by atoms with Crippen molar-refractivity contribution < 1.29 is 8.42 Å². The van der Waals surface area contributed by atoms with Crippen LogP contribution < -0.4 is 15.4 Å². The van der Waals surface area contributed by atoms with Crippen molar-refractivity contribution in [3.63, 3.8) is 0 Å². The Bertz CT molecular complexity index is 591. The van der Waals surface area contributed by atoms with E-state index in [4.69, 9.17) is 11.6 Å². The van der Waals surface area contributed by atoms with Crippen LogP contribution in [0.1, 0.15) is 6.92 Å². The van der Waals surface area contributed by atoms with Crippen LogP contribution in [0.3, 0.4) is 0 Å². The van der Waals surface area contributed by atoms with Gasteiger partial charge >= 0.3 is 0 Å². The van der Waals surface area contributed by atoms with Crippen molar-refractivity contribution in [2.45, 2.75) is 11.8 Å². The molecule has 0 heterocycles. The highest BCUT2D eigenvalue weighted by Gasteiger charge is 2.00. The predicted octanol–water partition coefficient (Wildman–Crippen LogP) is 1.54. The van der Waals surface area contributed by atoms with Gasteiger partial charge in [-0.3, -0.25) is 4.99 Å². The van der Waals surface area contributed by atoms with Crippen LogP contribution in [-0.4, -0.2) is 52.6 Å². The molecular weight excluding hydrogens is 356 g/mol. The van der Waals surface area contributed by atoms with Crippen LogP contribution in [-0.2, 0) is 10.0 Å². The Morgan fingerprint density at radius 1 is 1.22 bits per heavy atom. The molecule has 23 heavy (non-hydrogen) atoms. The smallest absolute Gasteiger partial charge is 0.208 e. The molecule has 3 N–H and O–H groups in total. The van der Waals surface area contributed by atoms with Gasteiger partial charge < -0.3 is 10.6 Å². The minimum Gasteiger partial charge on any atom is -0.357 e. The van der Waals surface area contributed by atoms with E-state index in [-0.39, 0.29) is 6.54 Å². The average molecular weight is 379 g/mol. The number of hydrogen-bond donors (Lipinski definition) is 3. The van der Waals surface area contributed by atoms with Crippen LogP contribution in [0.2, 0.25) is 5.02 Å². The van der Waals surface area contributed by atoms with Gasteiger partial charge in [0.1, 0.15) is 0 Å². The summed E-state index contributed by atoms with van der Waals surface area (Å²) in [5.41, 5.74) is 0. The van der Waals surface area contributed by atoms with Crippen LogP contribution in [0.4, 0.5) is 0 Å². The molecule has 130 valence electrons. The summed E-state index contributed by atoms with van der Waals surface area (Å²) in [5.74, 6) is 1.56. The van der Waals surface area contributed by atoms with Crippen LogP contribution in [0, 0.1) is 0 Å². The maximum atomic E-state index is 11.0. The van der Waals surface area contributed by atoms with Gasteiger partial charge in [-0.05, 0) is 31.2 Å². The lowest BCUT2D eigenvalue weighted by molar-refractivity contribution is 0.588. The minimum atomic E-state index is -3.16. The molecule has 0 bridgehead atoms. The Morgan fingerprint density at radius 2 is 1.91 bits per heavy atom. The number of guanidine groups is 1. The second kappa shape index (κ2) is 10.7. The summed E-state index contributed by atoms with van der Waals surface area (Å²) in [7, 11) is -3.16. The molecule has 0 fully saturated rings. The van der Waals surface area contributed by atoms with Gasteiger partial charge in [-0.2, -0.15) is 0 Å². The number of hydrogen-bond acceptors (Lipinski definition) is 4. The third-order valence-corrected chi connectivity index (χ3v) is 4.56. The second-order valence-corrected chi connectivity index (χ2v) is 8.09. The highest BCUT2D eigenvalue weighted by atomic mass is 35.5. The first-order valence-electron chi connectivity index (χ1n) is 7.26. The third-order valence-electron chi connectivity index (χ3n) is 2.57. The lowest BCUT2D eigenvalue weighted by Crippen LogP contribution is -2.39. The van der Waals surface area contributed by atoms with E-state index in [0.29, 0.717) is 12.5 Å². The monoisotopic (exact) mass is 378 g/mol. The minimum absolute atomic E-state index is 0.287. The maximum Gasteiger partial charge on any atom is 0.208 e. The Morgan fingerprint density at radius 3 is 2.52 bits per heavy atom. The summed E-state index contributed by atoms with van der Waals surface area (Å²) in [5, 5.41) is 7.07. The van der Waals surface area contributed by atoms with E-state index in [1.807, 2.05) is 31.2 Å². The van der Waals surface area contributed by atoms with E-state index in [2.05, 4.69) is 20.3 Å². The standard InChI is InChI=1S/C14H23ClN4O2S2/c1-3-16-14(17-8-9-19-23(2,20)21)18-10-11-22-13-6-4-12(15)5-7-13/h4-7,19H,3,8-11H2,1-2H3,(H2,16,17,18). The summed E-state index contributed by atoms with van der Waals surface area (Å²) in [4.78, 5) is 5.48. The molecule has 0 saturated carbocycles. The highest BCUT2D eigenvalue weighted by molar-refractivity contribution is 7.99. The topological polar surface area (TPSA) is 82.6 Å². The molecule has 0 aliphatic carbocycles. The molecule has 6 nitrogen and oxygen atoms in total. The van der Waals surface area contributed by atoms with Gasteiger partial charge in [0.15, 0.2) is 5.96 Å². The molecule has 1 rings (SSSR count). The van der Waals surface area contributed by atoms with Crippen molar-refractivity contribution in [3.8, 4) is 0 Å². The molecular formula is C14H23ClN4O2S2. The number of rotatable bonds is 9. The number of aliphatic imine (C=N–C) groups is 1. The van der Waals surface area contributed by atoms with E-state index in [0.717, 1.165) is 35.0 Å². The van der Waals surface area contributed by atoms with E-state index < -0.39 is 10.0 Å². The fraction of sp³-hybridized carbons (Fsp3) is 0.500. The highest BCUT2D eigenvalue weighted by Crippen LogP contribution is 2.19. The normalized spacial score (nSPS) is 12.2. The van der Waals surface area contributed by atoms with Gasteiger partial charge in [-0.25, -0.2) is 13.1 Å². The zero-order valence-corrected chi connectivity index (χ0v) is 15.7. The number of nitrogens with one attached hydrogen (secondary N) is 3. The van der Waals surface area contributed by atoms with Crippen molar-refractivity contribution >= 4 is 39.3 Å². The average Bonchev–Trinajstić information content (AvgIpc) is 2.48. The summed E-state index contributed by atoms with van der Waals surface area (Å²) in [6.45, 7) is 4.14. The Kier molecular flexibility index (Phi) is 9.39. The molecule has 0 aliphatic heterocycles. The van der Waals surface area contributed by atoms with Gasteiger partial charge in [0, 0.05) is 35.3 Å². The molecule has 0 spiro atoms. The second-order valence-electron chi connectivity index (χ2n) is 4.66. The summed E-state index contributed by atoms with van der Waals surface area (Å²) in [6.07, 6.45) is 1.13. The van der Waals surface area contributed by atoms with Crippen LogP contribution >= 0.6 is 23.4 Å². The molecule has 0 aromatic heterocycles. The molecule has 0 radical (unpaired) electrons. The number of thioether (sulfide) groups is 1. The fourth-order valence-corrected chi connectivity index (χ4v) is 2.97. The molecule has 0 atom stereocenters. The van der Waals surface area contributed by atoms with E-state index in [9.17, 15) is 8.42 Å². The zero-order chi connectivity index (χ0) is 17.1. The van der Waals surface area contributed by atoms with Crippen molar-refractivity contribution in [2.75, 3.05) is 38.2 Å². The first kappa shape index (κ1) is 20.1. The summed E-state index contributed by atoms with van der Waals surface area (Å²) >= 11 is 7.57. The number of halogens is 1. The van der Waals surface area contributed by atoms with Crippen molar-refractivity contribution in [1.29, 1.82) is 0 Å². The quantitative estimate of drug-likeness (QED) is 0.263. The SMILES string of the molecule is CCNC(=NCCNS(C)(=O)=O)NCCSc1ccc(Cl)cc1. The van der Waals surface area contributed by atoms with E-state index in [1.165, 1.54) is 0 Å². The van der Waals surface area contributed by atoms with E-state index in [1.54, 1.807) is 11.8 Å². The summed E-state index contributed by atoms with van der Waals surface area (Å²) < 4.78 is 24.3. The number of sulfonamides is 1. The molecule has 0 unspecified atom stereocenters. The maximum absolute atomic E-state index is 11.0. The van der Waals surface area contributed by atoms with Crippen LogP contribution in [0.5, 0.6) is 0 Å². The molecule has 9 heteroatoms. The van der Waals surface area contributed by atoms with Gasteiger partial charge in [0.25, 0.3) is 0 Å². The summed E-state index contributed by atoms with van der Waals surface area (Å²) in [6, 6.07) is 7.72. The Balaban J connectivity index is 2.30. The first-order valence-corrected chi connectivity index (χ1v) is 10.5.